The summed E-state index contributed by atoms with van der Waals surface area (Å²) >= 11 is 5.14. The lowest BCUT2D eigenvalue weighted by molar-refractivity contribution is -0.132. The highest BCUT2D eigenvalue weighted by atomic mass is 32.1. The highest BCUT2D eigenvalue weighted by Gasteiger charge is 2.35. The van der Waals surface area contributed by atoms with Crippen molar-refractivity contribution in [1.82, 2.24) is 9.80 Å². The van der Waals surface area contributed by atoms with Crippen molar-refractivity contribution >= 4 is 46.0 Å². The van der Waals surface area contributed by atoms with Crippen molar-refractivity contribution in [2.24, 2.45) is 0 Å². The zero-order valence-corrected chi connectivity index (χ0v) is 17.5. The lowest BCUT2D eigenvalue weighted by Crippen LogP contribution is -2.52. The highest BCUT2D eigenvalue weighted by molar-refractivity contribution is 7.80. The molecule has 1 saturated heterocycles. The van der Waals surface area contributed by atoms with Crippen LogP contribution in [0, 0.1) is 0 Å². The van der Waals surface area contributed by atoms with E-state index in [1.807, 2.05) is 48.5 Å². The van der Waals surface area contributed by atoms with E-state index in [-0.39, 0.29) is 10.7 Å². The first-order chi connectivity index (χ1) is 14.5. The average molecular weight is 417 g/mol. The lowest BCUT2D eigenvalue weighted by Gasteiger charge is -2.31. The number of hydrogen-bond donors (Lipinski definition) is 0. The largest absolute Gasteiger partial charge is 0.488 e. The minimum atomic E-state index is -0.424. The molecule has 0 radical (unpaired) electrons. The van der Waals surface area contributed by atoms with Gasteiger partial charge in [0.1, 0.15) is 17.9 Å². The monoisotopic (exact) mass is 416 g/mol. The highest BCUT2D eigenvalue weighted by Crippen LogP contribution is 2.26. The summed E-state index contributed by atoms with van der Waals surface area (Å²) in [6.07, 6.45) is 1.57. The van der Waals surface area contributed by atoms with Crippen molar-refractivity contribution in [2.45, 2.75) is 6.61 Å². The smallest absolute Gasteiger partial charge is 0.265 e. The molecule has 0 bridgehead atoms. The first-order valence-electron chi connectivity index (χ1n) is 9.47. The maximum absolute atomic E-state index is 12.6. The Hall–Kier alpha value is -3.51. The standard InChI is InChI=1S/C24H20N2O3S/c1-25-22(27)20(23(28)26(2)24(25)30)14-17-9-4-6-13-21(17)29-15-18-11-7-10-16-8-3-5-12-19(16)18/h3-14H,15H2,1-2H3. The fourth-order valence-electron chi connectivity index (χ4n) is 3.44. The van der Waals surface area contributed by atoms with Gasteiger partial charge in [0.2, 0.25) is 0 Å². The molecule has 2 amide bonds. The van der Waals surface area contributed by atoms with Crippen LogP contribution in [0.15, 0.2) is 72.3 Å². The maximum Gasteiger partial charge on any atom is 0.265 e. The predicted octanol–water partition coefficient (Wildman–Crippen LogP) is 4.02. The van der Waals surface area contributed by atoms with Gasteiger partial charge in [0.15, 0.2) is 5.11 Å². The van der Waals surface area contributed by atoms with Gasteiger partial charge in [0, 0.05) is 19.7 Å². The Bertz CT molecular complexity index is 1170. The molecule has 150 valence electrons. The summed E-state index contributed by atoms with van der Waals surface area (Å²) < 4.78 is 6.10. The quantitative estimate of drug-likeness (QED) is 0.366. The van der Waals surface area contributed by atoms with Gasteiger partial charge in [-0.3, -0.25) is 19.4 Å². The number of amides is 2. The van der Waals surface area contributed by atoms with E-state index in [4.69, 9.17) is 17.0 Å². The second kappa shape index (κ2) is 8.08. The molecule has 3 aromatic carbocycles. The Labute approximate surface area is 180 Å². The Morgan fingerprint density at radius 2 is 1.50 bits per heavy atom. The van der Waals surface area contributed by atoms with Crippen LogP contribution in [0.2, 0.25) is 0 Å². The van der Waals surface area contributed by atoms with Gasteiger partial charge in [-0.2, -0.15) is 0 Å². The van der Waals surface area contributed by atoms with Crippen LogP contribution in [0.4, 0.5) is 0 Å². The van der Waals surface area contributed by atoms with Crippen LogP contribution in [0.3, 0.4) is 0 Å². The predicted molar refractivity (Wildman–Crippen MR) is 121 cm³/mol. The van der Waals surface area contributed by atoms with Crippen LogP contribution in [-0.2, 0) is 16.2 Å². The lowest BCUT2D eigenvalue weighted by atomic mass is 10.0. The third kappa shape index (κ3) is 3.57. The van der Waals surface area contributed by atoms with Crippen LogP contribution in [0.1, 0.15) is 11.1 Å². The number of hydrogen-bond acceptors (Lipinski definition) is 4. The summed E-state index contributed by atoms with van der Waals surface area (Å²) in [6.45, 7) is 0.368. The van der Waals surface area contributed by atoms with Gasteiger partial charge in [-0.25, -0.2) is 0 Å². The fourth-order valence-corrected chi connectivity index (χ4v) is 3.60. The van der Waals surface area contributed by atoms with Crippen LogP contribution in [0.25, 0.3) is 16.8 Å². The third-order valence-electron chi connectivity index (χ3n) is 5.13. The molecular weight excluding hydrogens is 396 g/mol. The molecule has 0 atom stereocenters. The number of carbonyl (C=O) groups excluding carboxylic acids is 2. The van der Waals surface area contributed by atoms with Crippen molar-refractivity contribution < 1.29 is 14.3 Å². The van der Waals surface area contributed by atoms with Gasteiger partial charge in [-0.05, 0) is 40.7 Å². The van der Waals surface area contributed by atoms with E-state index in [9.17, 15) is 9.59 Å². The van der Waals surface area contributed by atoms with Crippen LogP contribution in [0.5, 0.6) is 5.75 Å². The second-order valence-corrected chi connectivity index (χ2v) is 7.40. The summed E-state index contributed by atoms with van der Waals surface area (Å²) in [5, 5.41) is 2.46. The first kappa shape index (κ1) is 19.8. The second-order valence-electron chi connectivity index (χ2n) is 7.03. The molecule has 30 heavy (non-hydrogen) atoms. The molecule has 0 spiro atoms. The van der Waals surface area contributed by atoms with Gasteiger partial charge in [0.05, 0.1) is 0 Å². The molecule has 1 heterocycles. The Morgan fingerprint density at radius 1 is 0.867 bits per heavy atom. The minimum absolute atomic E-state index is 0.0508. The SMILES string of the molecule is CN1C(=O)C(=Cc2ccccc2OCc2cccc3ccccc23)C(=O)N(C)C1=S. The Balaban J connectivity index is 1.65. The molecule has 1 fully saturated rings. The van der Waals surface area contributed by atoms with Crippen LogP contribution < -0.4 is 4.74 Å². The Kier molecular flexibility index (Phi) is 5.33. The third-order valence-corrected chi connectivity index (χ3v) is 5.67. The molecule has 1 aliphatic heterocycles. The molecule has 5 nitrogen and oxygen atoms in total. The van der Waals surface area contributed by atoms with Gasteiger partial charge in [-0.15, -0.1) is 0 Å². The van der Waals surface area contributed by atoms with Gasteiger partial charge < -0.3 is 4.74 Å². The normalized spacial score (nSPS) is 14.5. The number of nitrogens with zero attached hydrogens (tertiary/aromatic N) is 2. The number of benzene rings is 3. The van der Waals surface area contributed by atoms with E-state index >= 15 is 0 Å². The van der Waals surface area contributed by atoms with E-state index in [2.05, 4.69) is 18.2 Å². The topological polar surface area (TPSA) is 49.9 Å². The van der Waals surface area contributed by atoms with Gasteiger partial charge in [0.25, 0.3) is 11.8 Å². The number of likely N-dealkylation sites (N-methyl/N-ethyl adjacent to an activating group) is 2. The van der Waals surface area contributed by atoms with Crippen molar-refractivity contribution in [2.75, 3.05) is 14.1 Å². The zero-order chi connectivity index (χ0) is 21.3. The molecule has 3 aromatic rings. The molecule has 0 N–H and O–H groups in total. The molecular formula is C24H20N2O3S. The number of rotatable bonds is 4. The molecule has 4 rings (SSSR count). The van der Waals surface area contributed by atoms with Crippen molar-refractivity contribution in [1.29, 1.82) is 0 Å². The number of carbonyl (C=O) groups is 2. The van der Waals surface area contributed by atoms with E-state index < -0.39 is 11.8 Å². The number of para-hydroxylation sites is 1. The average Bonchev–Trinajstić information content (AvgIpc) is 2.78. The molecule has 0 aliphatic carbocycles. The van der Waals surface area contributed by atoms with E-state index in [0.29, 0.717) is 17.9 Å². The van der Waals surface area contributed by atoms with Gasteiger partial charge >= 0.3 is 0 Å². The van der Waals surface area contributed by atoms with E-state index in [1.165, 1.54) is 9.80 Å². The summed E-state index contributed by atoms with van der Waals surface area (Å²) in [6, 6.07) is 21.6. The van der Waals surface area contributed by atoms with Crippen molar-refractivity contribution in [3.05, 3.63) is 83.4 Å². The molecule has 0 saturated carbocycles. The molecule has 6 heteroatoms. The number of thiocarbonyl (C=S) groups is 1. The maximum atomic E-state index is 12.6. The summed E-state index contributed by atoms with van der Waals surface area (Å²) in [5.74, 6) is -0.254. The van der Waals surface area contributed by atoms with Crippen LogP contribution >= 0.6 is 12.2 Å². The number of fused-ring (bicyclic) bond motifs is 1. The van der Waals surface area contributed by atoms with E-state index in [1.54, 1.807) is 20.2 Å². The molecule has 1 aliphatic rings. The Morgan fingerprint density at radius 3 is 2.27 bits per heavy atom. The first-order valence-corrected chi connectivity index (χ1v) is 9.88. The minimum Gasteiger partial charge on any atom is -0.488 e. The molecule has 0 unspecified atom stereocenters. The van der Waals surface area contributed by atoms with Crippen molar-refractivity contribution in [3.8, 4) is 5.75 Å². The summed E-state index contributed by atoms with van der Waals surface area (Å²) in [5.41, 5.74) is 1.77. The zero-order valence-electron chi connectivity index (χ0n) is 16.7. The fraction of sp³-hybridized carbons (Fsp3) is 0.125. The van der Waals surface area contributed by atoms with Crippen LogP contribution in [-0.4, -0.2) is 40.8 Å². The summed E-state index contributed by atoms with van der Waals surface area (Å²) in [7, 11) is 3.12. The van der Waals surface area contributed by atoms with Gasteiger partial charge in [-0.1, -0.05) is 60.7 Å². The molecule has 0 aromatic heterocycles. The number of ether oxygens (including phenoxy) is 1. The van der Waals surface area contributed by atoms with E-state index in [0.717, 1.165) is 16.3 Å². The van der Waals surface area contributed by atoms with Crippen molar-refractivity contribution in [3.63, 3.8) is 0 Å². The summed E-state index contributed by atoms with van der Waals surface area (Å²) in [4.78, 5) is 27.8.